The minimum Gasteiger partial charge on any atom is -0.208 e. The first-order valence-corrected chi connectivity index (χ1v) is 32.1. The van der Waals surface area contributed by atoms with Crippen molar-refractivity contribution in [3.63, 3.8) is 0 Å². The SMILES string of the molecule is Cc1cc(-c2nc(-c3ccc(Br)c(C)c3)nc(-c3ccc(-c4ccc(-c5nc(-c6ccc(I)c(C)c6)nc(-c6ccc(-c7ccc(-c8nc(-c9ccc(Br)c(C)c9)nc(-c9ccc(Br)c(C)c9)n8)cc7C)c(C)c6)n5)cc4C)c(C)c3)n2)ccc1Br. The average Bonchev–Trinajstić information content (AvgIpc) is 2.27. The fourth-order valence-electron chi connectivity index (χ4n) is 10.6. The number of hydrogen-bond donors (Lipinski definition) is 0. The van der Waals surface area contributed by atoms with Crippen LogP contribution in [0.1, 0.15) is 50.1 Å². The third-order valence-corrected chi connectivity index (χ3v) is 20.3. The molecule has 0 spiro atoms. The van der Waals surface area contributed by atoms with E-state index in [0.717, 1.165) is 140 Å². The van der Waals surface area contributed by atoms with Crippen molar-refractivity contribution in [3.05, 3.63) is 235 Å². The normalized spacial score (nSPS) is 11.4. The molecule has 0 aliphatic carbocycles. The molecule has 0 aliphatic rings. The highest BCUT2D eigenvalue weighted by Crippen LogP contribution is 2.38. The molecular formula is C72H54Br4IN9. The summed E-state index contributed by atoms with van der Waals surface area (Å²) in [6.07, 6.45) is 0. The summed E-state index contributed by atoms with van der Waals surface area (Å²) in [6.45, 7) is 19.0. The van der Waals surface area contributed by atoms with Gasteiger partial charge in [-0.1, -0.05) is 143 Å². The minimum absolute atomic E-state index is 0.592. The van der Waals surface area contributed by atoms with Crippen LogP contribution in [0.2, 0.25) is 0 Å². The molecule has 0 atom stereocenters. The van der Waals surface area contributed by atoms with Gasteiger partial charge in [0.2, 0.25) is 0 Å². The Hall–Kier alpha value is -7.34. The number of rotatable bonds is 11. The molecule has 9 aromatic carbocycles. The molecule has 0 N–H and O–H groups in total. The Bertz CT molecular complexity index is 4330. The number of hydrogen-bond acceptors (Lipinski definition) is 9. The van der Waals surface area contributed by atoms with Crippen LogP contribution in [0.4, 0.5) is 0 Å². The number of aromatic nitrogens is 9. The second-order valence-corrected chi connectivity index (χ2v) is 26.4. The highest BCUT2D eigenvalue weighted by atomic mass is 127. The molecule has 0 fully saturated rings. The van der Waals surface area contributed by atoms with Crippen LogP contribution in [-0.4, -0.2) is 44.9 Å². The van der Waals surface area contributed by atoms with Crippen molar-refractivity contribution < 1.29 is 0 Å². The second-order valence-electron chi connectivity index (χ2n) is 21.9. The molecule has 0 bridgehead atoms. The number of halogens is 5. The molecule has 12 rings (SSSR count). The Morgan fingerprint density at radius 3 is 0.547 bits per heavy atom. The van der Waals surface area contributed by atoms with Crippen molar-refractivity contribution >= 4 is 86.3 Å². The Kier molecular flexibility index (Phi) is 16.8. The van der Waals surface area contributed by atoms with Gasteiger partial charge in [0.25, 0.3) is 0 Å². The van der Waals surface area contributed by atoms with Crippen molar-refractivity contribution in [3.8, 4) is 125 Å². The maximum absolute atomic E-state index is 5.23. The van der Waals surface area contributed by atoms with Crippen molar-refractivity contribution in [1.82, 2.24) is 44.9 Å². The molecule has 0 amide bonds. The van der Waals surface area contributed by atoms with Gasteiger partial charge in [-0.2, -0.15) is 0 Å². The molecule has 12 aromatic rings. The van der Waals surface area contributed by atoms with Crippen molar-refractivity contribution in [1.29, 1.82) is 0 Å². The van der Waals surface area contributed by atoms with E-state index >= 15 is 0 Å². The van der Waals surface area contributed by atoms with E-state index in [2.05, 4.69) is 264 Å². The predicted molar refractivity (Wildman–Crippen MR) is 373 cm³/mol. The lowest BCUT2D eigenvalue weighted by molar-refractivity contribution is 1.07. The van der Waals surface area contributed by atoms with Crippen LogP contribution in [0, 0.1) is 65.9 Å². The van der Waals surface area contributed by atoms with Crippen molar-refractivity contribution in [2.24, 2.45) is 0 Å². The molecule has 0 saturated heterocycles. The average molecular weight is 1490 g/mol. The van der Waals surface area contributed by atoms with Crippen LogP contribution in [0.25, 0.3) is 125 Å². The van der Waals surface area contributed by atoms with Gasteiger partial charge >= 0.3 is 0 Å². The summed E-state index contributed by atoms with van der Waals surface area (Å²) in [5.74, 6) is 5.46. The summed E-state index contributed by atoms with van der Waals surface area (Å²) in [5, 5.41) is 0. The Morgan fingerprint density at radius 1 is 0.209 bits per heavy atom. The Balaban J connectivity index is 0.870. The van der Waals surface area contributed by atoms with E-state index in [4.69, 9.17) is 44.9 Å². The molecule has 0 aliphatic heterocycles. The molecule has 0 radical (unpaired) electrons. The number of nitrogens with zero attached hydrogens (tertiary/aromatic N) is 9. The van der Waals surface area contributed by atoms with E-state index in [9.17, 15) is 0 Å². The highest BCUT2D eigenvalue weighted by Gasteiger charge is 2.21. The van der Waals surface area contributed by atoms with Gasteiger partial charge < -0.3 is 0 Å². The molecule has 3 aromatic heterocycles. The molecule has 86 heavy (non-hydrogen) atoms. The maximum Gasteiger partial charge on any atom is 0.164 e. The van der Waals surface area contributed by atoms with E-state index in [0.29, 0.717) is 52.4 Å². The first kappa shape index (κ1) is 59.0. The van der Waals surface area contributed by atoms with E-state index < -0.39 is 0 Å². The van der Waals surface area contributed by atoms with Gasteiger partial charge in [0, 0.05) is 71.5 Å². The van der Waals surface area contributed by atoms with Crippen LogP contribution in [0.3, 0.4) is 0 Å². The molecule has 9 nitrogen and oxygen atoms in total. The van der Waals surface area contributed by atoms with Crippen LogP contribution < -0.4 is 0 Å². The van der Waals surface area contributed by atoms with Crippen LogP contribution in [-0.2, 0) is 0 Å². The van der Waals surface area contributed by atoms with Crippen LogP contribution >= 0.6 is 86.3 Å². The summed E-state index contributed by atoms with van der Waals surface area (Å²) >= 11 is 17.0. The maximum atomic E-state index is 5.23. The van der Waals surface area contributed by atoms with Gasteiger partial charge in [0.05, 0.1) is 0 Å². The molecule has 3 heterocycles. The third kappa shape index (κ3) is 12.2. The zero-order valence-corrected chi connectivity index (χ0v) is 57.0. The zero-order chi connectivity index (χ0) is 60.2. The van der Waals surface area contributed by atoms with E-state index in [1.807, 2.05) is 48.5 Å². The van der Waals surface area contributed by atoms with Crippen LogP contribution in [0.15, 0.2) is 182 Å². The van der Waals surface area contributed by atoms with E-state index in [-0.39, 0.29) is 0 Å². The molecule has 422 valence electrons. The van der Waals surface area contributed by atoms with Gasteiger partial charge in [-0.05, 0) is 242 Å². The smallest absolute Gasteiger partial charge is 0.164 e. The van der Waals surface area contributed by atoms with Gasteiger partial charge in [-0.3, -0.25) is 0 Å². The molecule has 0 saturated carbocycles. The largest absolute Gasteiger partial charge is 0.208 e. The topological polar surface area (TPSA) is 116 Å². The van der Waals surface area contributed by atoms with Gasteiger partial charge in [-0.25, -0.2) is 44.9 Å². The van der Waals surface area contributed by atoms with Gasteiger partial charge in [0.1, 0.15) is 0 Å². The van der Waals surface area contributed by atoms with Crippen molar-refractivity contribution in [2.75, 3.05) is 0 Å². The Labute approximate surface area is 548 Å². The number of aryl methyl sites for hydroxylation is 9. The fraction of sp³-hybridized carbons (Fsp3) is 0.125. The summed E-state index contributed by atoms with van der Waals surface area (Å²) in [7, 11) is 0. The third-order valence-electron chi connectivity index (χ3n) is 15.5. The number of benzene rings is 9. The molecule has 0 unspecified atom stereocenters. The Morgan fingerprint density at radius 2 is 0.372 bits per heavy atom. The summed E-state index contributed by atoms with van der Waals surface area (Å²) in [4.78, 5) is 45.9. The monoisotopic (exact) mass is 1490 g/mol. The second kappa shape index (κ2) is 24.4. The first-order valence-electron chi connectivity index (χ1n) is 27.9. The summed E-state index contributed by atoms with van der Waals surface area (Å²) in [6, 6.07) is 56.9. The molecule has 14 heteroatoms. The highest BCUT2D eigenvalue weighted by molar-refractivity contribution is 14.1. The lowest BCUT2D eigenvalue weighted by atomic mass is 9.93. The standard InChI is InChI=1S/C72H54Br4IN9/c1-37-28-46(10-19-55(37)57-21-12-48(30-39(57)3)66-79-68(50-14-23-59(73)41(5)32-50)85-69(80-66)51-15-24-60(74)42(6)33-51)64-78-65(84-72(83-64)54-18-27-63(77)45(9)36-54)47-11-20-56(38(2)29-47)58-22-13-49(31-40(58)4)67-81-70(52-16-25-61(75)43(7)34-52)86-71(82-67)53-17-26-62(76)44(8)35-53/h10-36H,1-9H3. The fourth-order valence-corrected chi connectivity index (χ4v) is 12.0. The lowest BCUT2D eigenvalue weighted by Gasteiger charge is -2.15. The molecular weight excluding hydrogens is 1440 g/mol. The first-order chi connectivity index (χ1) is 41.3. The van der Waals surface area contributed by atoms with E-state index in [1.54, 1.807) is 0 Å². The van der Waals surface area contributed by atoms with Crippen LogP contribution in [0.5, 0.6) is 0 Å². The quantitative estimate of drug-likeness (QED) is 0.117. The summed E-state index contributed by atoms with van der Waals surface area (Å²) in [5.41, 5.74) is 22.6. The summed E-state index contributed by atoms with van der Waals surface area (Å²) < 4.78 is 5.30. The van der Waals surface area contributed by atoms with Gasteiger partial charge in [-0.15, -0.1) is 0 Å². The van der Waals surface area contributed by atoms with Crippen molar-refractivity contribution in [2.45, 2.75) is 62.3 Å². The van der Waals surface area contributed by atoms with Gasteiger partial charge in [0.15, 0.2) is 52.4 Å². The lowest BCUT2D eigenvalue weighted by Crippen LogP contribution is -2.02. The predicted octanol–water partition coefficient (Wildman–Crippen LogP) is 21.0. The zero-order valence-electron chi connectivity index (χ0n) is 48.5. The minimum atomic E-state index is 0.592. The van der Waals surface area contributed by atoms with E-state index in [1.165, 1.54) is 3.57 Å².